The molecule has 0 radical (unpaired) electrons. The lowest BCUT2D eigenvalue weighted by Gasteiger charge is -2.25. The molecule has 1 saturated carbocycles. The van der Waals surface area contributed by atoms with Crippen LogP contribution in [-0.4, -0.2) is 11.7 Å². The van der Waals surface area contributed by atoms with Crippen LogP contribution in [0.5, 0.6) is 11.5 Å². The standard InChI is InChI=1S/C12H13F3O2/c13-12(14,15)9-4-5-10(16)11(6-9)17-7-8-2-1-3-8/h4-6,8,16H,1-3,7H2. The third kappa shape index (κ3) is 2.84. The Morgan fingerprint density at radius 3 is 2.53 bits per heavy atom. The quantitative estimate of drug-likeness (QED) is 0.883. The van der Waals surface area contributed by atoms with Gasteiger partial charge in [-0.1, -0.05) is 6.42 Å². The summed E-state index contributed by atoms with van der Waals surface area (Å²) in [5.74, 6) is 0.0630. The van der Waals surface area contributed by atoms with Crippen molar-refractivity contribution in [3.63, 3.8) is 0 Å². The summed E-state index contributed by atoms with van der Waals surface area (Å²) < 4.78 is 42.5. The molecular weight excluding hydrogens is 233 g/mol. The average Bonchev–Trinajstić information content (AvgIpc) is 2.16. The maximum absolute atomic E-state index is 12.4. The molecule has 0 atom stereocenters. The van der Waals surface area contributed by atoms with Gasteiger partial charge in [0.1, 0.15) is 0 Å². The van der Waals surface area contributed by atoms with Crippen molar-refractivity contribution in [3.8, 4) is 11.5 Å². The van der Waals surface area contributed by atoms with Gasteiger partial charge in [-0.25, -0.2) is 0 Å². The molecule has 94 valence electrons. The summed E-state index contributed by atoms with van der Waals surface area (Å²) in [6.45, 7) is 0.370. The zero-order valence-electron chi connectivity index (χ0n) is 9.13. The Labute approximate surface area is 97.0 Å². The van der Waals surface area contributed by atoms with E-state index in [1.807, 2.05) is 0 Å². The van der Waals surface area contributed by atoms with E-state index < -0.39 is 11.7 Å². The van der Waals surface area contributed by atoms with Crippen LogP contribution in [0.25, 0.3) is 0 Å². The first-order valence-electron chi connectivity index (χ1n) is 5.50. The van der Waals surface area contributed by atoms with Gasteiger partial charge in [0.25, 0.3) is 0 Å². The highest BCUT2D eigenvalue weighted by Crippen LogP contribution is 2.36. The molecule has 5 heteroatoms. The molecule has 0 spiro atoms. The van der Waals surface area contributed by atoms with Crippen LogP contribution >= 0.6 is 0 Å². The summed E-state index contributed by atoms with van der Waals surface area (Å²) in [6.07, 6.45) is -1.19. The SMILES string of the molecule is Oc1ccc(C(F)(F)F)cc1OCC1CCC1. The van der Waals surface area contributed by atoms with Crippen LogP contribution in [0.1, 0.15) is 24.8 Å². The summed E-state index contributed by atoms with van der Waals surface area (Å²) in [7, 11) is 0. The summed E-state index contributed by atoms with van der Waals surface area (Å²) >= 11 is 0. The Kier molecular flexibility index (Phi) is 3.17. The third-order valence-electron chi connectivity index (χ3n) is 2.99. The van der Waals surface area contributed by atoms with Gasteiger partial charge in [0.2, 0.25) is 0 Å². The molecule has 1 aliphatic carbocycles. The lowest BCUT2D eigenvalue weighted by molar-refractivity contribution is -0.137. The van der Waals surface area contributed by atoms with Gasteiger partial charge in [-0.05, 0) is 37.0 Å². The minimum atomic E-state index is -4.41. The molecule has 17 heavy (non-hydrogen) atoms. The summed E-state index contributed by atoms with van der Waals surface area (Å²) in [6, 6.07) is 2.69. The summed E-state index contributed by atoms with van der Waals surface area (Å²) in [5, 5.41) is 9.41. The summed E-state index contributed by atoms with van der Waals surface area (Å²) in [5.41, 5.74) is -0.807. The number of alkyl halides is 3. The number of hydrogen-bond acceptors (Lipinski definition) is 2. The first-order valence-corrected chi connectivity index (χ1v) is 5.50. The number of phenols is 1. The fourth-order valence-electron chi connectivity index (χ4n) is 1.67. The van der Waals surface area contributed by atoms with Crippen LogP contribution in [-0.2, 0) is 6.18 Å². The molecule has 0 aromatic heterocycles. The van der Waals surface area contributed by atoms with Gasteiger partial charge in [-0.3, -0.25) is 0 Å². The second kappa shape index (κ2) is 4.47. The van der Waals surface area contributed by atoms with Crippen molar-refractivity contribution in [2.45, 2.75) is 25.4 Å². The predicted octanol–water partition coefficient (Wildman–Crippen LogP) is 3.59. The lowest BCUT2D eigenvalue weighted by Crippen LogP contribution is -2.19. The van der Waals surface area contributed by atoms with Gasteiger partial charge in [0.05, 0.1) is 12.2 Å². The van der Waals surface area contributed by atoms with E-state index in [-0.39, 0.29) is 11.5 Å². The number of ether oxygens (including phenoxy) is 1. The molecule has 0 amide bonds. The molecule has 1 aliphatic rings. The largest absolute Gasteiger partial charge is 0.504 e. The van der Waals surface area contributed by atoms with E-state index in [0.717, 1.165) is 37.5 Å². The highest BCUT2D eigenvalue weighted by atomic mass is 19.4. The highest BCUT2D eigenvalue weighted by molar-refractivity contribution is 5.42. The van der Waals surface area contributed by atoms with E-state index in [9.17, 15) is 18.3 Å². The number of hydrogen-bond donors (Lipinski definition) is 1. The molecule has 1 aromatic rings. The Hall–Kier alpha value is -1.39. The second-order valence-electron chi connectivity index (χ2n) is 4.29. The number of halogens is 3. The van der Waals surface area contributed by atoms with Gasteiger partial charge in [-0.15, -0.1) is 0 Å². The molecular formula is C12H13F3O2. The molecule has 2 nitrogen and oxygen atoms in total. The smallest absolute Gasteiger partial charge is 0.416 e. The van der Waals surface area contributed by atoms with Crippen molar-refractivity contribution in [2.75, 3.05) is 6.61 Å². The number of rotatable bonds is 3. The lowest BCUT2D eigenvalue weighted by atomic mass is 9.86. The van der Waals surface area contributed by atoms with Crippen molar-refractivity contribution in [2.24, 2.45) is 5.92 Å². The van der Waals surface area contributed by atoms with E-state index in [1.165, 1.54) is 0 Å². The van der Waals surface area contributed by atoms with Crippen molar-refractivity contribution in [1.82, 2.24) is 0 Å². The van der Waals surface area contributed by atoms with E-state index in [1.54, 1.807) is 0 Å². The zero-order valence-corrected chi connectivity index (χ0v) is 9.13. The maximum Gasteiger partial charge on any atom is 0.416 e. The molecule has 1 aromatic carbocycles. The number of phenolic OH excluding ortho intramolecular Hbond substituents is 1. The molecule has 0 aliphatic heterocycles. The van der Waals surface area contributed by atoms with Crippen LogP contribution < -0.4 is 4.74 Å². The van der Waals surface area contributed by atoms with Crippen molar-refractivity contribution >= 4 is 0 Å². The third-order valence-corrected chi connectivity index (χ3v) is 2.99. The summed E-state index contributed by atoms with van der Waals surface area (Å²) in [4.78, 5) is 0. The number of aromatic hydroxyl groups is 1. The Morgan fingerprint density at radius 1 is 1.29 bits per heavy atom. The maximum atomic E-state index is 12.4. The van der Waals surface area contributed by atoms with Crippen molar-refractivity contribution < 1.29 is 23.0 Å². The highest BCUT2D eigenvalue weighted by Gasteiger charge is 2.31. The number of benzene rings is 1. The topological polar surface area (TPSA) is 29.5 Å². The van der Waals surface area contributed by atoms with Gasteiger partial charge >= 0.3 is 6.18 Å². The monoisotopic (exact) mass is 246 g/mol. The zero-order chi connectivity index (χ0) is 12.5. The van der Waals surface area contributed by atoms with Gasteiger partial charge in [-0.2, -0.15) is 13.2 Å². The normalized spacial score (nSPS) is 16.6. The van der Waals surface area contributed by atoms with Crippen LogP contribution in [0.3, 0.4) is 0 Å². The minimum absolute atomic E-state index is 0.0910. The van der Waals surface area contributed by atoms with Crippen molar-refractivity contribution in [1.29, 1.82) is 0 Å². The van der Waals surface area contributed by atoms with E-state index in [0.29, 0.717) is 12.5 Å². The van der Waals surface area contributed by atoms with Crippen molar-refractivity contribution in [3.05, 3.63) is 23.8 Å². The van der Waals surface area contributed by atoms with Gasteiger partial charge in [0.15, 0.2) is 11.5 Å². The van der Waals surface area contributed by atoms with E-state index in [4.69, 9.17) is 4.74 Å². The molecule has 0 unspecified atom stereocenters. The van der Waals surface area contributed by atoms with Crippen LogP contribution in [0.15, 0.2) is 18.2 Å². The van der Waals surface area contributed by atoms with E-state index >= 15 is 0 Å². The first kappa shape index (κ1) is 12.1. The Morgan fingerprint density at radius 2 is 2.00 bits per heavy atom. The fraction of sp³-hybridized carbons (Fsp3) is 0.500. The second-order valence-corrected chi connectivity index (χ2v) is 4.29. The van der Waals surface area contributed by atoms with Gasteiger partial charge in [0, 0.05) is 0 Å². The molecule has 1 fully saturated rings. The minimum Gasteiger partial charge on any atom is -0.504 e. The Balaban J connectivity index is 2.08. The van der Waals surface area contributed by atoms with Crippen LogP contribution in [0, 0.1) is 5.92 Å². The molecule has 1 N–H and O–H groups in total. The molecule has 0 heterocycles. The van der Waals surface area contributed by atoms with E-state index in [2.05, 4.69) is 0 Å². The average molecular weight is 246 g/mol. The van der Waals surface area contributed by atoms with Gasteiger partial charge < -0.3 is 9.84 Å². The fourth-order valence-corrected chi connectivity index (χ4v) is 1.67. The predicted molar refractivity (Wildman–Crippen MR) is 55.9 cm³/mol. The van der Waals surface area contributed by atoms with Crippen LogP contribution in [0.2, 0.25) is 0 Å². The molecule has 0 saturated heterocycles. The van der Waals surface area contributed by atoms with Crippen LogP contribution in [0.4, 0.5) is 13.2 Å². The molecule has 0 bridgehead atoms. The Bertz CT molecular complexity index is 397. The molecule has 2 rings (SSSR count). The first-order chi connectivity index (χ1) is 7.97.